The van der Waals surface area contributed by atoms with Crippen molar-refractivity contribution in [1.82, 2.24) is 5.32 Å². The van der Waals surface area contributed by atoms with E-state index in [1.807, 2.05) is 0 Å². The Balaban J connectivity index is 2.14. The predicted octanol–water partition coefficient (Wildman–Crippen LogP) is 1.77. The van der Waals surface area contributed by atoms with Crippen molar-refractivity contribution < 1.29 is 9.90 Å². The highest BCUT2D eigenvalue weighted by molar-refractivity contribution is 5.73. The van der Waals surface area contributed by atoms with E-state index in [0.29, 0.717) is 6.04 Å². The summed E-state index contributed by atoms with van der Waals surface area (Å²) in [4.78, 5) is 10.6. The van der Waals surface area contributed by atoms with Crippen molar-refractivity contribution in [3.8, 4) is 0 Å². The van der Waals surface area contributed by atoms with Crippen LogP contribution in [0.1, 0.15) is 45.4 Å². The molecule has 13 heavy (non-hydrogen) atoms. The highest BCUT2D eigenvalue weighted by atomic mass is 16.4. The number of nitrogens with one attached hydrogen (secondary N) is 1. The summed E-state index contributed by atoms with van der Waals surface area (Å²) in [7, 11) is 0. The Morgan fingerprint density at radius 3 is 2.77 bits per heavy atom. The van der Waals surface area contributed by atoms with E-state index in [1.54, 1.807) is 0 Å². The molecule has 0 aromatic heterocycles. The van der Waals surface area contributed by atoms with E-state index in [1.165, 1.54) is 19.3 Å². The van der Waals surface area contributed by atoms with Crippen molar-refractivity contribution in [2.75, 3.05) is 0 Å². The molecule has 1 aliphatic rings. The lowest BCUT2D eigenvalue weighted by molar-refractivity contribution is -0.139. The Hall–Kier alpha value is -0.570. The van der Waals surface area contributed by atoms with Crippen LogP contribution in [-0.4, -0.2) is 23.2 Å². The maximum Gasteiger partial charge on any atom is 0.320 e. The minimum absolute atomic E-state index is 0.286. The molecule has 0 aromatic carbocycles. The molecule has 0 spiro atoms. The summed E-state index contributed by atoms with van der Waals surface area (Å²) in [6.45, 7) is 2.18. The molecule has 0 aromatic rings. The zero-order chi connectivity index (χ0) is 9.68. The number of unbranched alkanes of at least 4 members (excludes halogenated alkanes) is 2. The zero-order valence-electron chi connectivity index (χ0n) is 8.25. The average molecular weight is 185 g/mol. The van der Waals surface area contributed by atoms with Crippen molar-refractivity contribution in [2.24, 2.45) is 0 Å². The number of hydrogen-bond acceptors (Lipinski definition) is 2. The van der Waals surface area contributed by atoms with E-state index in [2.05, 4.69) is 12.2 Å². The smallest absolute Gasteiger partial charge is 0.320 e. The first-order valence-electron chi connectivity index (χ1n) is 5.23. The molecule has 2 N–H and O–H groups in total. The summed E-state index contributed by atoms with van der Waals surface area (Å²) in [5.74, 6) is -0.696. The van der Waals surface area contributed by atoms with Crippen LogP contribution in [0.5, 0.6) is 0 Å². The largest absolute Gasteiger partial charge is 0.480 e. The first kappa shape index (κ1) is 10.5. The molecule has 1 aliphatic heterocycles. The maximum atomic E-state index is 10.6. The van der Waals surface area contributed by atoms with Crippen molar-refractivity contribution in [3.63, 3.8) is 0 Å². The Kier molecular flexibility index (Phi) is 4.22. The number of carbonyl (C=O) groups is 1. The zero-order valence-corrected chi connectivity index (χ0v) is 8.25. The minimum atomic E-state index is -0.696. The molecule has 1 fully saturated rings. The van der Waals surface area contributed by atoms with Gasteiger partial charge in [0.05, 0.1) is 0 Å². The van der Waals surface area contributed by atoms with Crippen LogP contribution in [0.3, 0.4) is 0 Å². The van der Waals surface area contributed by atoms with E-state index in [4.69, 9.17) is 5.11 Å². The summed E-state index contributed by atoms with van der Waals surface area (Å²) < 4.78 is 0. The van der Waals surface area contributed by atoms with Crippen molar-refractivity contribution in [2.45, 2.75) is 57.5 Å². The molecule has 3 nitrogen and oxygen atoms in total. The van der Waals surface area contributed by atoms with E-state index in [-0.39, 0.29) is 6.04 Å². The van der Waals surface area contributed by atoms with Crippen LogP contribution < -0.4 is 5.32 Å². The molecule has 0 radical (unpaired) electrons. The lowest BCUT2D eigenvalue weighted by Gasteiger charge is -2.10. The van der Waals surface area contributed by atoms with Crippen LogP contribution in [0.4, 0.5) is 0 Å². The van der Waals surface area contributed by atoms with E-state index >= 15 is 0 Å². The van der Waals surface area contributed by atoms with Gasteiger partial charge in [0.15, 0.2) is 0 Å². The number of hydrogen-bond donors (Lipinski definition) is 2. The second-order valence-corrected chi connectivity index (χ2v) is 3.83. The molecular formula is C10H19NO2. The molecule has 0 amide bonds. The third-order valence-corrected chi connectivity index (χ3v) is 2.69. The van der Waals surface area contributed by atoms with Crippen LogP contribution >= 0.6 is 0 Å². The van der Waals surface area contributed by atoms with Gasteiger partial charge in [0.2, 0.25) is 0 Å². The fraction of sp³-hybridized carbons (Fsp3) is 0.900. The van der Waals surface area contributed by atoms with Gasteiger partial charge in [0, 0.05) is 6.04 Å². The second-order valence-electron chi connectivity index (χ2n) is 3.83. The topological polar surface area (TPSA) is 49.3 Å². The molecule has 0 aliphatic carbocycles. The summed E-state index contributed by atoms with van der Waals surface area (Å²) >= 11 is 0. The first-order chi connectivity index (χ1) is 6.24. The SMILES string of the molecule is CCCCC[C@H]1CC[C@H](C(=O)O)N1. The number of carboxylic acid groups (broad SMARTS) is 1. The van der Waals surface area contributed by atoms with Gasteiger partial charge >= 0.3 is 5.97 Å². The highest BCUT2D eigenvalue weighted by Crippen LogP contribution is 2.17. The van der Waals surface area contributed by atoms with E-state index in [0.717, 1.165) is 19.3 Å². The Bertz CT molecular complexity index is 170. The van der Waals surface area contributed by atoms with Crippen molar-refractivity contribution >= 4 is 5.97 Å². The fourth-order valence-electron chi connectivity index (χ4n) is 1.88. The van der Waals surface area contributed by atoms with Gasteiger partial charge in [-0.15, -0.1) is 0 Å². The predicted molar refractivity (Wildman–Crippen MR) is 51.7 cm³/mol. The Morgan fingerprint density at radius 2 is 2.23 bits per heavy atom. The van der Waals surface area contributed by atoms with Crippen LogP contribution in [0.25, 0.3) is 0 Å². The van der Waals surface area contributed by atoms with E-state index in [9.17, 15) is 4.79 Å². The van der Waals surface area contributed by atoms with Gasteiger partial charge in [-0.1, -0.05) is 26.2 Å². The minimum Gasteiger partial charge on any atom is -0.480 e. The molecule has 0 bridgehead atoms. The number of rotatable bonds is 5. The van der Waals surface area contributed by atoms with Gasteiger partial charge in [-0.05, 0) is 19.3 Å². The molecule has 1 rings (SSSR count). The molecule has 0 unspecified atom stereocenters. The molecule has 76 valence electrons. The van der Waals surface area contributed by atoms with Crippen LogP contribution in [0.2, 0.25) is 0 Å². The molecular weight excluding hydrogens is 166 g/mol. The number of aliphatic carboxylic acids is 1. The summed E-state index contributed by atoms with van der Waals surface area (Å²) in [5, 5.41) is 11.9. The van der Waals surface area contributed by atoms with Gasteiger partial charge in [0.25, 0.3) is 0 Å². The van der Waals surface area contributed by atoms with Crippen LogP contribution in [-0.2, 0) is 4.79 Å². The molecule has 1 saturated heterocycles. The Morgan fingerprint density at radius 1 is 1.46 bits per heavy atom. The lowest BCUT2D eigenvalue weighted by Crippen LogP contribution is -2.35. The number of carboxylic acids is 1. The van der Waals surface area contributed by atoms with Crippen molar-refractivity contribution in [3.05, 3.63) is 0 Å². The quantitative estimate of drug-likeness (QED) is 0.642. The summed E-state index contributed by atoms with van der Waals surface area (Å²) in [6, 6.07) is 0.166. The third-order valence-electron chi connectivity index (χ3n) is 2.69. The third kappa shape index (κ3) is 3.35. The van der Waals surface area contributed by atoms with Gasteiger partial charge in [-0.2, -0.15) is 0 Å². The molecule has 1 heterocycles. The van der Waals surface area contributed by atoms with Crippen molar-refractivity contribution in [1.29, 1.82) is 0 Å². The second kappa shape index (κ2) is 5.22. The van der Waals surface area contributed by atoms with Gasteiger partial charge < -0.3 is 10.4 Å². The van der Waals surface area contributed by atoms with Gasteiger partial charge in [0.1, 0.15) is 6.04 Å². The summed E-state index contributed by atoms with van der Waals surface area (Å²) in [5.41, 5.74) is 0. The van der Waals surface area contributed by atoms with Gasteiger partial charge in [-0.3, -0.25) is 4.79 Å². The Labute approximate surface area is 79.5 Å². The monoisotopic (exact) mass is 185 g/mol. The van der Waals surface area contributed by atoms with Crippen LogP contribution in [0, 0.1) is 0 Å². The molecule has 2 atom stereocenters. The highest BCUT2D eigenvalue weighted by Gasteiger charge is 2.27. The maximum absolute atomic E-state index is 10.6. The van der Waals surface area contributed by atoms with Crippen LogP contribution in [0.15, 0.2) is 0 Å². The fourth-order valence-corrected chi connectivity index (χ4v) is 1.88. The molecule has 3 heteroatoms. The average Bonchev–Trinajstić information content (AvgIpc) is 2.53. The first-order valence-corrected chi connectivity index (χ1v) is 5.23. The molecule has 0 saturated carbocycles. The van der Waals surface area contributed by atoms with Gasteiger partial charge in [-0.25, -0.2) is 0 Å². The standard InChI is InChI=1S/C10H19NO2/c1-2-3-4-5-8-6-7-9(11-8)10(12)13/h8-9,11H,2-7H2,1H3,(H,12,13)/t8-,9+/m0/s1. The van der Waals surface area contributed by atoms with E-state index < -0.39 is 5.97 Å². The normalized spacial score (nSPS) is 27.8. The lowest BCUT2D eigenvalue weighted by atomic mass is 10.1. The summed E-state index contributed by atoms with van der Waals surface area (Å²) in [6.07, 6.45) is 6.68.